The van der Waals surface area contributed by atoms with Crippen LogP contribution in [0.5, 0.6) is 0 Å². The maximum atomic E-state index is 6.64. The summed E-state index contributed by atoms with van der Waals surface area (Å²) >= 11 is 0. The van der Waals surface area contributed by atoms with Crippen LogP contribution >= 0.6 is 0 Å². The summed E-state index contributed by atoms with van der Waals surface area (Å²) in [4.78, 5) is 0. The highest BCUT2D eigenvalue weighted by Gasteiger charge is 2.51. The van der Waals surface area contributed by atoms with Crippen LogP contribution in [-0.4, -0.2) is 66.8 Å². The van der Waals surface area contributed by atoms with Gasteiger partial charge in [-0.05, 0) is 91.7 Å². The van der Waals surface area contributed by atoms with E-state index in [0.717, 1.165) is 0 Å². The van der Waals surface area contributed by atoms with Crippen LogP contribution in [0.1, 0.15) is 0 Å². The first-order chi connectivity index (χ1) is 12.8. The lowest BCUT2D eigenvalue weighted by atomic mass is 11.8. The maximum absolute atomic E-state index is 6.64. The minimum absolute atomic E-state index is 1.70. The molecule has 0 rings (SSSR count). The van der Waals surface area contributed by atoms with Gasteiger partial charge in [0.1, 0.15) is 0 Å². The van der Waals surface area contributed by atoms with Crippen molar-refractivity contribution >= 4 is 59.7 Å². The van der Waals surface area contributed by atoms with Crippen LogP contribution in [0.25, 0.3) is 0 Å². The highest BCUT2D eigenvalue weighted by atomic mass is 28.5. The molecule has 0 aromatic heterocycles. The molecular weight excluding hydrogens is 501 g/mol. The van der Waals surface area contributed by atoms with E-state index < -0.39 is 59.7 Å². The average Bonchev–Trinajstić information content (AvgIpc) is 2.26. The van der Waals surface area contributed by atoms with Crippen molar-refractivity contribution in [2.75, 3.05) is 7.11 Å². The first-order valence-corrected chi connectivity index (χ1v) is 30.9. The first-order valence-electron chi connectivity index (χ1n) is 10.6. The first kappa shape index (κ1) is 31.2. The fourth-order valence-corrected chi connectivity index (χ4v) is 33.8. The largest absolute Gasteiger partial charge is 0.467 e. The van der Waals surface area contributed by atoms with Gasteiger partial charge in [0.2, 0.25) is 0 Å². The van der Waals surface area contributed by atoms with Gasteiger partial charge < -0.3 is 29.1 Å². The summed E-state index contributed by atoms with van der Waals surface area (Å²) in [6.07, 6.45) is 0. The van der Waals surface area contributed by atoms with Crippen LogP contribution in [0, 0.1) is 0 Å². The number of rotatable bonds is 13. The zero-order valence-corrected chi connectivity index (χ0v) is 29.4. The fourth-order valence-electron chi connectivity index (χ4n) is 3.50. The highest BCUT2D eigenvalue weighted by Crippen LogP contribution is 2.29. The molecule has 0 saturated carbocycles. The molecule has 0 heterocycles. The molecule has 0 atom stereocenters. The second kappa shape index (κ2) is 10.2. The minimum Gasteiger partial charge on any atom is -0.417 e. The predicted molar refractivity (Wildman–Crippen MR) is 142 cm³/mol. The Kier molecular flexibility index (Phi) is 10.7. The Morgan fingerprint density at radius 1 is 0.333 bits per heavy atom. The zero-order valence-electron chi connectivity index (χ0n) is 22.4. The van der Waals surface area contributed by atoms with Gasteiger partial charge in [-0.2, -0.15) is 0 Å². The molecule has 0 aromatic carbocycles. The topological polar surface area (TPSA) is 64.6 Å². The van der Waals surface area contributed by atoms with Gasteiger partial charge in [-0.25, -0.2) is 0 Å². The van der Waals surface area contributed by atoms with Gasteiger partial charge in [0.25, 0.3) is 0 Å². The molecule has 0 radical (unpaired) electrons. The van der Waals surface area contributed by atoms with Gasteiger partial charge in [-0.15, -0.1) is 0 Å². The molecule has 182 valence electrons. The van der Waals surface area contributed by atoms with Crippen LogP contribution in [0.4, 0.5) is 0 Å². The van der Waals surface area contributed by atoms with Gasteiger partial charge in [-0.3, -0.25) is 0 Å². The van der Waals surface area contributed by atoms with Crippen LogP contribution in [0.2, 0.25) is 98.2 Å². The van der Waals surface area contributed by atoms with Gasteiger partial charge in [0.15, 0.2) is 16.6 Å². The summed E-state index contributed by atoms with van der Waals surface area (Å²) in [5, 5.41) is 0. The third kappa shape index (κ3) is 14.4. The normalized spacial score (nSPS) is 15.6. The summed E-state index contributed by atoms with van der Waals surface area (Å²) in [5.41, 5.74) is 0. The van der Waals surface area contributed by atoms with Gasteiger partial charge in [0, 0.05) is 13.7 Å². The highest BCUT2D eigenvalue weighted by molar-refractivity contribution is 6.91. The molecule has 0 fully saturated rings. The van der Waals surface area contributed by atoms with Crippen molar-refractivity contribution in [2.45, 2.75) is 98.2 Å². The molecule has 0 bridgehead atoms. The minimum atomic E-state index is -2.86. The van der Waals surface area contributed by atoms with E-state index in [1.165, 1.54) is 0 Å². The summed E-state index contributed by atoms with van der Waals surface area (Å²) in [5.74, 6) is 0. The molecule has 30 heavy (non-hydrogen) atoms. The number of hydrogen-bond donors (Lipinski definition) is 0. The van der Waals surface area contributed by atoms with E-state index in [4.69, 9.17) is 29.1 Å². The van der Waals surface area contributed by atoms with Crippen LogP contribution in [0.3, 0.4) is 0 Å². The van der Waals surface area contributed by atoms with E-state index in [1.807, 2.05) is 19.6 Å². The Balaban J connectivity index is 5.48. The average molecular weight is 549 g/mol. The summed E-state index contributed by atoms with van der Waals surface area (Å²) in [6.45, 7) is 31.4. The summed E-state index contributed by atoms with van der Waals surface area (Å²) in [6, 6.07) is 0. The Morgan fingerprint density at radius 3 is 0.867 bits per heavy atom. The smallest absolute Gasteiger partial charge is 0.417 e. The van der Waals surface area contributed by atoms with Gasteiger partial charge >= 0.3 is 43.0 Å². The van der Waals surface area contributed by atoms with E-state index in [1.54, 1.807) is 7.11 Å². The lowest BCUT2D eigenvalue weighted by Gasteiger charge is -2.44. The standard InChI is InChI=1S/C16H48O7Si7/c1-17-26(8,9)20-27(10,11)21-28(12,13)22-29(14,15)23-30(16,18-24(2,3)4)19-25(5,6)7/h1-16H3. The van der Waals surface area contributed by atoms with Crippen LogP contribution < -0.4 is 0 Å². The fraction of sp³-hybridized carbons (Fsp3) is 1.00. The van der Waals surface area contributed by atoms with Crippen molar-refractivity contribution in [2.24, 2.45) is 0 Å². The maximum Gasteiger partial charge on any atom is 0.467 e. The lowest BCUT2D eigenvalue weighted by molar-refractivity contribution is 0.221. The third-order valence-electron chi connectivity index (χ3n) is 3.38. The molecule has 0 saturated heterocycles. The molecule has 0 aliphatic carbocycles. The summed E-state index contributed by atoms with van der Waals surface area (Å²) in [7, 11) is -14.7. The summed E-state index contributed by atoms with van der Waals surface area (Å²) < 4.78 is 44.6. The van der Waals surface area contributed by atoms with Crippen molar-refractivity contribution < 1.29 is 29.1 Å². The number of hydrogen-bond acceptors (Lipinski definition) is 7. The molecule has 0 spiro atoms. The van der Waals surface area contributed by atoms with Crippen molar-refractivity contribution in [1.29, 1.82) is 0 Å². The molecule has 0 unspecified atom stereocenters. The SMILES string of the molecule is CO[Si](C)(C)O[Si](C)(C)O[Si](C)(C)O[Si](C)(C)O[Si](C)(O[Si](C)(C)C)O[Si](C)(C)C. The van der Waals surface area contributed by atoms with E-state index in [-0.39, 0.29) is 0 Å². The monoisotopic (exact) mass is 548 g/mol. The Morgan fingerprint density at radius 2 is 0.600 bits per heavy atom. The molecule has 7 nitrogen and oxygen atoms in total. The molecule has 0 aromatic rings. The Hall–Kier alpha value is 1.24. The zero-order chi connectivity index (χ0) is 24.4. The van der Waals surface area contributed by atoms with E-state index in [9.17, 15) is 0 Å². The quantitative estimate of drug-likeness (QED) is 0.270. The molecule has 0 amide bonds. The Bertz CT molecular complexity index is 541. The Labute approximate surface area is 193 Å². The van der Waals surface area contributed by atoms with E-state index in [2.05, 4.69) is 78.6 Å². The van der Waals surface area contributed by atoms with Crippen molar-refractivity contribution in [1.82, 2.24) is 0 Å². The third-order valence-corrected chi connectivity index (χ3v) is 27.5. The predicted octanol–water partition coefficient (Wildman–Crippen LogP) is 5.78. The van der Waals surface area contributed by atoms with E-state index in [0.29, 0.717) is 0 Å². The molecule has 0 aliphatic heterocycles. The second-order valence-electron chi connectivity index (χ2n) is 11.5. The van der Waals surface area contributed by atoms with E-state index >= 15 is 0 Å². The molecular formula is C16H48O7Si7. The van der Waals surface area contributed by atoms with Gasteiger partial charge in [-0.1, -0.05) is 0 Å². The molecule has 0 N–H and O–H groups in total. The van der Waals surface area contributed by atoms with Crippen molar-refractivity contribution in [3.8, 4) is 0 Å². The second-order valence-corrected chi connectivity index (χ2v) is 38.2. The van der Waals surface area contributed by atoms with Crippen molar-refractivity contribution in [3.05, 3.63) is 0 Å². The molecule has 14 heteroatoms. The molecule has 0 aliphatic rings. The van der Waals surface area contributed by atoms with Gasteiger partial charge in [0.05, 0.1) is 0 Å². The van der Waals surface area contributed by atoms with Crippen molar-refractivity contribution in [3.63, 3.8) is 0 Å². The lowest BCUT2D eigenvalue weighted by Crippen LogP contribution is -2.63. The van der Waals surface area contributed by atoms with Crippen LogP contribution in [-0.2, 0) is 29.1 Å². The van der Waals surface area contributed by atoms with Crippen LogP contribution in [0.15, 0.2) is 0 Å².